The minimum atomic E-state index is -0.420. The van der Waals surface area contributed by atoms with E-state index in [2.05, 4.69) is 15.3 Å². The molecule has 0 saturated carbocycles. The van der Waals surface area contributed by atoms with E-state index >= 15 is 0 Å². The van der Waals surface area contributed by atoms with Gasteiger partial charge in [-0.15, -0.1) is 0 Å². The molecule has 1 heterocycles. The summed E-state index contributed by atoms with van der Waals surface area (Å²) in [6.07, 6.45) is 1.75. The minimum absolute atomic E-state index is 0.0411. The number of carbonyl (C=O) groups excluding carboxylic acids is 1. The third kappa shape index (κ3) is 1.50. The molecule has 0 spiro atoms. The highest BCUT2D eigenvalue weighted by molar-refractivity contribution is 5.81. The predicted octanol–water partition coefficient (Wildman–Crippen LogP) is 0.0142. The molecule has 0 amide bonds. The van der Waals surface area contributed by atoms with Crippen molar-refractivity contribution in [2.24, 2.45) is 0 Å². The van der Waals surface area contributed by atoms with Crippen molar-refractivity contribution < 1.29 is 4.79 Å². The van der Waals surface area contributed by atoms with Crippen molar-refractivity contribution in [3.8, 4) is 0 Å². The lowest BCUT2D eigenvalue weighted by Crippen LogP contribution is -2.16. The smallest absolute Gasteiger partial charge is 0.263 e. The monoisotopic (exact) mass is 167 g/mol. The summed E-state index contributed by atoms with van der Waals surface area (Å²) in [5.74, 6) is 0.330. The quantitative estimate of drug-likeness (QED) is 0.622. The standard InChI is InChI=1S/C7H9N3O2/c1-2-8-6-5(3-11)7(12)10-4-9-6/h3-4H,2H2,1H3,(H2,8,9,10,12). The number of aromatic nitrogens is 2. The van der Waals surface area contributed by atoms with Gasteiger partial charge in [0.1, 0.15) is 11.4 Å². The molecule has 64 valence electrons. The van der Waals surface area contributed by atoms with Crippen molar-refractivity contribution >= 4 is 12.1 Å². The van der Waals surface area contributed by atoms with Crippen LogP contribution in [0.15, 0.2) is 11.1 Å². The first kappa shape index (κ1) is 8.45. The topological polar surface area (TPSA) is 74.8 Å². The second kappa shape index (κ2) is 3.66. The normalized spacial score (nSPS) is 9.42. The molecule has 0 fully saturated rings. The lowest BCUT2D eigenvalue weighted by atomic mass is 10.3. The number of anilines is 1. The first-order chi connectivity index (χ1) is 5.79. The molecule has 5 nitrogen and oxygen atoms in total. The van der Waals surface area contributed by atoms with Crippen LogP contribution in [0.3, 0.4) is 0 Å². The van der Waals surface area contributed by atoms with Crippen LogP contribution in [0.4, 0.5) is 5.82 Å². The third-order valence-corrected chi connectivity index (χ3v) is 1.35. The number of hydrogen-bond donors (Lipinski definition) is 2. The fourth-order valence-corrected chi connectivity index (χ4v) is 0.828. The first-order valence-electron chi connectivity index (χ1n) is 3.56. The van der Waals surface area contributed by atoms with Crippen LogP contribution < -0.4 is 10.9 Å². The van der Waals surface area contributed by atoms with Gasteiger partial charge in [-0.25, -0.2) is 4.98 Å². The number of nitrogens with zero attached hydrogens (tertiary/aromatic N) is 1. The average Bonchev–Trinajstić information content (AvgIpc) is 2.05. The molecule has 0 radical (unpaired) electrons. The largest absolute Gasteiger partial charge is 0.370 e. The zero-order valence-corrected chi connectivity index (χ0v) is 6.63. The molecule has 0 saturated heterocycles. The summed E-state index contributed by atoms with van der Waals surface area (Å²) in [7, 11) is 0. The number of nitrogens with one attached hydrogen (secondary N) is 2. The van der Waals surface area contributed by atoms with E-state index in [0.717, 1.165) is 0 Å². The van der Waals surface area contributed by atoms with E-state index in [1.165, 1.54) is 6.33 Å². The molecular weight excluding hydrogens is 158 g/mol. The van der Waals surface area contributed by atoms with Gasteiger partial charge >= 0.3 is 0 Å². The summed E-state index contributed by atoms with van der Waals surface area (Å²) < 4.78 is 0. The molecule has 1 aromatic heterocycles. The maximum atomic E-state index is 11.0. The summed E-state index contributed by atoms with van der Waals surface area (Å²) >= 11 is 0. The van der Waals surface area contributed by atoms with Gasteiger partial charge in [0, 0.05) is 6.54 Å². The summed E-state index contributed by atoms with van der Waals surface area (Å²) in [6, 6.07) is 0. The molecule has 0 atom stereocenters. The van der Waals surface area contributed by atoms with Crippen molar-refractivity contribution in [1.29, 1.82) is 0 Å². The fraction of sp³-hybridized carbons (Fsp3) is 0.286. The minimum Gasteiger partial charge on any atom is -0.370 e. The molecule has 0 aromatic carbocycles. The predicted molar refractivity (Wildman–Crippen MR) is 44.4 cm³/mol. The molecule has 0 aliphatic rings. The van der Waals surface area contributed by atoms with E-state index in [1.807, 2.05) is 6.92 Å². The van der Waals surface area contributed by atoms with Crippen LogP contribution in [0.2, 0.25) is 0 Å². The van der Waals surface area contributed by atoms with Crippen molar-refractivity contribution in [3.63, 3.8) is 0 Å². The van der Waals surface area contributed by atoms with Crippen molar-refractivity contribution in [3.05, 3.63) is 22.2 Å². The SMILES string of the molecule is CCNc1nc[nH]c(=O)c1C=O. The van der Waals surface area contributed by atoms with Crippen LogP contribution >= 0.6 is 0 Å². The Hall–Kier alpha value is -1.65. The molecule has 0 aliphatic heterocycles. The van der Waals surface area contributed by atoms with Gasteiger partial charge < -0.3 is 10.3 Å². The molecule has 0 unspecified atom stereocenters. The maximum absolute atomic E-state index is 11.0. The Kier molecular flexibility index (Phi) is 2.57. The van der Waals surface area contributed by atoms with Crippen molar-refractivity contribution in [2.75, 3.05) is 11.9 Å². The van der Waals surface area contributed by atoms with Gasteiger partial charge in [-0.1, -0.05) is 0 Å². The van der Waals surface area contributed by atoms with E-state index in [1.54, 1.807) is 0 Å². The van der Waals surface area contributed by atoms with Gasteiger partial charge in [0.05, 0.1) is 6.33 Å². The third-order valence-electron chi connectivity index (χ3n) is 1.35. The van der Waals surface area contributed by atoms with Gasteiger partial charge in [-0.3, -0.25) is 9.59 Å². The van der Waals surface area contributed by atoms with Gasteiger partial charge in [0.15, 0.2) is 6.29 Å². The number of aromatic amines is 1. The Morgan fingerprint density at radius 2 is 2.50 bits per heavy atom. The van der Waals surface area contributed by atoms with E-state index in [-0.39, 0.29) is 5.56 Å². The molecule has 0 bridgehead atoms. The number of carbonyl (C=O) groups is 1. The van der Waals surface area contributed by atoms with Crippen molar-refractivity contribution in [1.82, 2.24) is 9.97 Å². The lowest BCUT2D eigenvalue weighted by molar-refractivity contribution is 0.112. The van der Waals surface area contributed by atoms with Crippen LogP contribution in [-0.4, -0.2) is 22.8 Å². The Morgan fingerprint density at radius 3 is 3.08 bits per heavy atom. The molecule has 0 aliphatic carbocycles. The Balaban J connectivity index is 3.18. The van der Waals surface area contributed by atoms with Gasteiger partial charge in [0.2, 0.25) is 0 Å². The summed E-state index contributed by atoms with van der Waals surface area (Å²) in [6.45, 7) is 2.48. The van der Waals surface area contributed by atoms with Gasteiger partial charge in [-0.05, 0) is 6.92 Å². The van der Waals surface area contributed by atoms with E-state index < -0.39 is 5.56 Å². The zero-order chi connectivity index (χ0) is 8.97. The summed E-state index contributed by atoms with van der Waals surface area (Å²) in [5.41, 5.74) is -0.379. The van der Waals surface area contributed by atoms with Gasteiger partial charge in [-0.2, -0.15) is 0 Å². The molecular formula is C7H9N3O2. The number of rotatable bonds is 3. The van der Waals surface area contributed by atoms with Crippen LogP contribution in [0.1, 0.15) is 17.3 Å². The van der Waals surface area contributed by atoms with E-state index in [4.69, 9.17) is 0 Å². The first-order valence-corrected chi connectivity index (χ1v) is 3.56. The van der Waals surface area contributed by atoms with Crippen molar-refractivity contribution in [2.45, 2.75) is 6.92 Å². The second-order valence-electron chi connectivity index (χ2n) is 2.14. The average molecular weight is 167 g/mol. The van der Waals surface area contributed by atoms with Crippen LogP contribution in [0.25, 0.3) is 0 Å². The fourth-order valence-electron chi connectivity index (χ4n) is 0.828. The number of H-pyrrole nitrogens is 1. The van der Waals surface area contributed by atoms with Gasteiger partial charge in [0.25, 0.3) is 5.56 Å². The van der Waals surface area contributed by atoms with Crippen LogP contribution in [0, 0.1) is 0 Å². The Labute approximate surface area is 68.8 Å². The maximum Gasteiger partial charge on any atom is 0.263 e. The summed E-state index contributed by atoms with van der Waals surface area (Å²) in [4.78, 5) is 27.5. The number of aldehydes is 1. The van der Waals surface area contributed by atoms with E-state index in [0.29, 0.717) is 18.6 Å². The molecule has 1 rings (SSSR count). The molecule has 1 aromatic rings. The van der Waals surface area contributed by atoms with Crippen LogP contribution in [0.5, 0.6) is 0 Å². The molecule has 2 N–H and O–H groups in total. The van der Waals surface area contributed by atoms with E-state index in [9.17, 15) is 9.59 Å². The summed E-state index contributed by atoms with van der Waals surface area (Å²) in [5, 5.41) is 2.81. The highest BCUT2D eigenvalue weighted by Gasteiger charge is 2.04. The Bertz CT molecular complexity index is 332. The molecule has 5 heteroatoms. The van der Waals surface area contributed by atoms with Crippen LogP contribution in [-0.2, 0) is 0 Å². The molecule has 12 heavy (non-hydrogen) atoms. The Morgan fingerprint density at radius 1 is 1.75 bits per heavy atom. The number of hydrogen-bond acceptors (Lipinski definition) is 4. The lowest BCUT2D eigenvalue weighted by Gasteiger charge is -2.01. The second-order valence-corrected chi connectivity index (χ2v) is 2.14. The highest BCUT2D eigenvalue weighted by Crippen LogP contribution is 2.01. The highest BCUT2D eigenvalue weighted by atomic mass is 16.1. The zero-order valence-electron chi connectivity index (χ0n) is 6.63.